The Morgan fingerprint density at radius 3 is 1.14 bits per heavy atom. The molecule has 0 aromatic carbocycles. The SMILES string of the molecule is CC[N+]1(CCN2CCN(CC[N+]3(CC)CCCCC3)CC2)CCCCC1.[Br-].[Br-]. The van der Waals surface area contributed by atoms with Gasteiger partial charge in [-0.25, -0.2) is 0 Å². The summed E-state index contributed by atoms with van der Waals surface area (Å²) in [6.07, 6.45) is 8.77. The van der Waals surface area contributed by atoms with E-state index in [1.807, 2.05) is 0 Å². The molecule has 6 heteroatoms. The Morgan fingerprint density at radius 2 is 0.857 bits per heavy atom. The number of likely N-dealkylation sites (tertiary alicyclic amines) is 2. The second-order valence-electron chi connectivity index (χ2n) is 9.46. The summed E-state index contributed by atoms with van der Waals surface area (Å²) in [7, 11) is 0. The number of nitrogens with zero attached hydrogens (tertiary/aromatic N) is 4. The zero-order valence-electron chi connectivity index (χ0n) is 18.7. The summed E-state index contributed by atoms with van der Waals surface area (Å²) in [6, 6.07) is 0. The molecule has 3 fully saturated rings. The van der Waals surface area contributed by atoms with Gasteiger partial charge in [0.1, 0.15) is 0 Å². The van der Waals surface area contributed by atoms with E-state index in [0.29, 0.717) is 0 Å². The van der Waals surface area contributed by atoms with Gasteiger partial charge in [0.25, 0.3) is 0 Å². The van der Waals surface area contributed by atoms with Gasteiger partial charge in [0.15, 0.2) is 0 Å². The number of piperazine rings is 1. The van der Waals surface area contributed by atoms with Crippen molar-refractivity contribution in [3.8, 4) is 0 Å². The summed E-state index contributed by atoms with van der Waals surface area (Å²) in [5, 5.41) is 0. The van der Waals surface area contributed by atoms with Crippen LogP contribution in [0.3, 0.4) is 0 Å². The van der Waals surface area contributed by atoms with Gasteiger partial charge in [0.05, 0.1) is 52.4 Å². The summed E-state index contributed by atoms with van der Waals surface area (Å²) in [5.41, 5.74) is 0. The predicted molar refractivity (Wildman–Crippen MR) is 111 cm³/mol. The number of piperidine rings is 2. The maximum absolute atomic E-state index is 2.76. The number of likely N-dealkylation sites (N-methyl/N-ethyl adjacent to an activating group) is 2. The second-order valence-corrected chi connectivity index (χ2v) is 9.46. The first-order valence-corrected chi connectivity index (χ1v) is 11.8. The molecule has 0 bridgehead atoms. The maximum atomic E-state index is 2.76. The van der Waals surface area contributed by atoms with E-state index in [1.54, 1.807) is 0 Å². The van der Waals surface area contributed by atoms with Crippen LogP contribution in [0.15, 0.2) is 0 Å². The molecule has 0 aromatic rings. The lowest BCUT2D eigenvalue weighted by molar-refractivity contribution is -0.930. The molecule has 3 aliphatic rings. The minimum absolute atomic E-state index is 0. The smallest absolute Gasteiger partial charge is 0.0915 e. The van der Waals surface area contributed by atoms with Gasteiger partial charge in [-0.1, -0.05) is 0 Å². The van der Waals surface area contributed by atoms with E-state index >= 15 is 0 Å². The molecule has 3 rings (SSSR count). The van der Waals surface area contributed by atoms with Crippen molar-refractivity contribution < 1.29 is 42.9 Å². The molecular formula is C22H46Br2N4. The summed E-state index contributed by atoms with van der Waals surface area (Å²) in [6.45, 7) is 23.9. The molecule has 0 N–H and O–H groups in total. The van der Waals surface area contributed by atoms with Gasteiger partial charge in [0.2, 0.25) is 0 Å². The van der Waals surface area contributed by atoms with Crippen molar-refractivity contribution >= 4 is 0 Å². The molecule has 0 aromatic heterocycles. The highest BCUT2D eigenvalue weighted by Gasteiger charge is 2.31. The topological polar surface area (TPSA) is 6.48 Å². The molecule has 4 nitrogen and oxygen atoms in total. The van der Waals surface area contributed by atoms with E-state index in [-0.39, 0.29) is 34.0 Å². The Bertz CT molecular complexity index is 363. The third-order valence-electron chi connectivity index (χ3n) is 8.12. The monoisotopic (exact) mass is 524 g/mol. The van der Waals surface area contributed by atoms with E-state index < -0.39 is 0 Å². The Kier molecular flexibility index (Phi) is 12.7. The molecule has 3 heterocycles. The zero-order chi connectivity index (χ0) is 18.3. The van der Waals surface area contributed by atoms with Crippen molar-refractivity contribution in [3.05, 3.63) is 0 Å². The minimum Gasteiger partial charge on any atom is -1.00 e. The van der Waals surface area contributed by atoms with Gasteiger partial charge in [-0.05, 0) is 52.4 Å². The largest absolute Gasteiger partial charge is 1.00 e. The normalized spacial score (nSPS) is 25.5. The highest BCUT2D eigenvalue weighted by atomic mass is 79.9. The molecule has 3 saturated heterocycles. The van der Waals surface area contributed by atoms with Crippen LogP contribution in [0, 0.1) is 0 Å². The summed E-state index contributed by atoms with van der Waals surface area (Å²) < 4.78 is 2.80. The van der Waals surface area contributed by atoms with Crippen molar-refractivity contribution in [2.24, 2.45) is 0 Å². The van der Waals surface area contributed by atoms with Gasteiger partial charge < -0.3 is 42.9 Å². The predicted octanol–water partition coefficient (Wildman–Crippen LogP) is -3.35. The standard InChI is InChI=1S/C22H46N4.2BrH/c1-3-25(17-7-5-8-18-25)21-15-23-11-13-24(14-12-23)16-22-26(4-2)19-9-6-10-20-26;;/h3-22H2,1-2H3;2*1H/q+2;;/p-2. The van der Waals surface area contributed by atoms with Gasteiger partial charge in [-0.3, -0.25) is 9.80 Å². The van der Waals surface area contributed by atoms with Gasteiger partial charge in [-0.2, -0.15) is 0 Å². The Hall–Kier alpha value is 0.800. The molecule has 0 amide bonds. The molecule has 0 radical (unpaired) electrons. The lowest BCUT2D eigenvalue weighted by atomic mass is 10.1. The van der Waals surface area contributed by atoms with Crippen molar-refractivity contribution in [2.45, 2.75) is 52.4 Å². The van der Waals surface area contributed by atoms with Gasteiger partial charge >= 0.3 is 0 Å². The highest BCUT2D eigenvalue weighted by Crippen LogP contribution is 2.20. The average molecular weight is 526 g/mol. The van der Waals surface area contributed by atoms with Crippen molar-refractivity contribution in [1.82, 2.24) is 9.80 Å². The molecule has 0 saturated carbocycles. The molecule has 28 heavy (non-hydrogen) atoms. The fourth-order valence-electron chi connectivity index (χ4n) is 5.71. The summed E-state index contributed by atoms with van der Waals surface area (Å²) >= 11 is 0. The van der Waals surface area contributed by atoms with E-state index in [4.69, 9.17) is 0 Å². The van der Waals surface area contributed by atoms with Crippen LogP contribution in [0.1, 0.15) is 52.4 Å². The first-order valence-electron chi connectivity index (χ1n) is 11.8. The van der Waals surface area contributed by atoms with Crippen LogP contribution in [0.25, 0.3) is 0 Å². The minimum atomic E-state index is 0. The van der Waals surface area contributed by atoms with E-state index in [2.05, 4.69) is 23.6 Å². The summed E-state index contributed by atoms with van der Waals surface area (Å²) in [5.74, 6) is 0. The van der Waals surface area contributed by atoms with Crippen molar-refractivity contribution in [3.63, 3.8) is 0 Å². The molecule has 0 unspecified atom stereocenters. The Labute approximate surface area is 196 Å². The Balaban J connectivity index is 0.00000196. The molecule has 0 aliphatic carbocycles. The van der Waals surface area contributed by atoms with Gasteiger partial charge in [0, 0.05) is 39.3 Å². The third kappa shape index (κ3) is 7.49. The number of hydrogen-bond acceptors (Lipinski definition) is 2. The van der Waals surface area contributed by atoms with Crippen molar-refractivity contribution in [1.29, 1.82) is 0 Å². The fraction of sp³-hybridized carbons (Fsp3) is 1.00. The zero-order valence-corrected chi connectivity index (χ0v) is 21.9. The second kappa shape index (κ2) is 13.3. The molecule has 168 valence electrons. The number of halogens is 2. The molecular weight excluding hydrogens is 480 g/mol. The van der Waals surface area contributed by atoms with Crippen LogP contribution in [0.5, 0.6) is 0 Å². The van der Waals surface area contributed by atoms with E-state index in [9.17, 15) is 0 Å². The number of hydrogen-bond donors (Lipinski definition) is 0. The van der Waals surface area contributed by atoms with E-state index in [0.717, 1.165) is 0 Å². The number of rotatable bonds is 8. The van der Waals surface area contributed by atoms with Crippen LogP contribution in [-0.4, -0.2) is 110 Å². The van der Waals surface area contributed by atoms with Crippen LogP contribution in [0.2, 0.25) is 0 Å². The third-order valence-corrected chi connectivity index (χ3v) is 8.12. The first-order chi connectivity index (χ1) is 12.7. The lowest BCUT2D eigenvalue weighted by Crippen LogP contribution is -3.00. The quantitative estimate of drug-likeness (QED) is 0.306. The van der Waals surface area contributed by atoms with Crippen molar-refractivity contribution in [2.75, 3.05) is 91.6 Å². The van der Waals surface area contributed by atoms with Crippen LogP contribution in [-0.2, 0) is 0 Å². The lowest BCUT2D eigenvalue weighted by Gasteiger charge is -2.44. The van der Waals surface area contributed by atoms with Crippen LogP contribution < -0.4 is 34.0 Å². The highest BCUT2D eigenvalue weighted by molar-refractivity contribution is 4.72. The Morgan fingerprint density at radius 1 is 0.536 bits per heavy atom. The number of quaternary nitrogens is 2. The molecule has 3 aliphatic heterocycles. The van der Waals surface area contributed by atoms with Crippen LogP contribution >= 0.6 is 0 Å². The first kappa shape index (κ1) is 26.8. The molecule has 0 spiro atoms. The molecule has 0 atom stereocenters. The van der Waals surface area contributed by atoms with Crippen LogP contribution in [0.4, 0.5) is 0 Å². The fourth-order valence-corrected chi connectivity index (χ4v) is 5.71. The maximum Gasteiger partial charge on any atom is 0.0915 e. The van der Waals surface area contributed by atoms with Gasteiger partial charge in [-0.15, -0.1) is 0 Å². The van der Waals surface area contributed by atoms with E-state index in [1.165, 1.54) is 139 Å². The average Bonchev–Trinajstić information content (AvgIpc) is 2.73. The summed E-state index contributed by atoms with van der Waals surface area (Å²) in [4.78, 5) is 5.51.